The number of rotatable bonds is 10. The van der Waals surface area contributed by atoms with Crippen molar-refractivity contribution in [1.82, 2.24) is 10.2 Å². The summed E-state index contributed by atoms with van der Waals surface area (Å²) >= 11 is 0. The van der Waals surface area contributed by atoms with E-state index in [1.165, 1.54) is 70.1 Å². The molecule has 3 nitrogen and oxygen atoms in total. The lowest BCUT2D eigenvalue weighted by Crippen LogP contribution is -2.30. The minimum atomic E-state index is 0.928. The Hall–Kier alpha value is -1.06. The summed E-state index contributed by atoms with van der Waals surface area (Å²) in [6, 6.07) is 8.31. The third kappa shape index (κ3) is 6.80. The lowest BCUT2D eigenvalue weighted by Gasteiger charge is -2.26. The van der Waals surface area contributed by atoms with Crippen LogP contribution in [0.2, 0.25) is 0 Å². The summed E-state index contributed by atoms with van der Waals surface area (Å²) in [4.78, 5) is 2.64. The van der Waals surface area contributed by atoms with E-state index >= 15 is 0 Å². The lowest BCUT2D eigenvalue weighted by atomic mass is 10.1. The molecule has 0 bridgehead atoms. The van der Waals surface area contributed by atoms with E-state index in [2.05, 4.69) is 22.3 Å². The van der Waals surface area contributed by atoms with Crippen LogP contribution in [-0.2, 0) is 6.54 Å². The van der Waals surface area contributed by atoms with Gasteiger partial charge in [-0.25, -0.2) is 0 Å². The molecule has 0 aromatic heterocycles. The van der Waals surface area contributed by atoms with E-state index in [1.807, 2.05) is 12.1 Å². The van der Waals surface area contributed by atoms with Crippen LogP contribution in [0, 0.1) is 0 Å². The Bertz CT molecular complexity index is 385. The van der Waals surface area contributed by atoms with Crippen LogP contribution < -0.4 is 10.1 Å². The minimum Gasteiger partial charge on any atom is -0.497 e. The Labute approximate surface area is 136 Å². The summed E-state index contributed by atoms with van der Waals surface area (Å²) in [6.07, 6.45) is 9.65. The van der Waals surface area contributed by atoms with Crippen molar-refractivity contribution in [2.24, 2.45) is 0 Å². The normalized spacial score (nSPS) is 15.9. The predicted molar refractivity (Wildman–Crippen MR) is 93.5 cm³/mol. The van der Waals surface area contributed by atoms with Crippen molar-refractivity contribution in [2.75, 3.05) is 33.3 Å². The Morgan fingerprint density at radius 1 is 0.955 bits per heavy atom. The Kier molecular flexibility index (Phi) is 8.36. The first-order valence-corrected chi connectivity index (χ1v) is 8.94. The van der Waals surface area contributed by atoms with Crippen LogP contribution in [-0.4, -0.2) is 38.2 Å². The van der Waals surface area contributed by atoms with Gasteiger partial charge in [-0.15, -0.1) is 0 Å². The molecule has 1 fully saturated rings. The van der Waals surface area contributed by atoms with E-state index in [9.17, 15) is 0 Å². The predicted octanol–water partition coefficient (Wildman–Crippen LogP) is 3.83. The molecule has 1 heterocycles. The number of nitrogens with one attached hydrogen (secondary N) is 1. The Balaban J connectivity index is 1.42. The van der Waals surface area contributed by atoms with Crippen molar-refractivity contribution in [3.8, 4) is 5.75 Å². The molecule has 1 aliphatic rings. The van der Waals surface area contributed by atoms with E-state index in [4.69, 9.17) is 4.74 Å². The van der Waals surface area contributed by atoms with Gasteiger partial charge in [0.15, 0.2) is 0 Å². The van der Waals surface area contributed by atoms with E-state index < -0.39 is 0 Å². The van der Waals surface area contributed by atoms with Gasteiger partial charge in [0.25, 0.3) is 0 Å². The zero-order valence-electron chi connectivity index (χ0n) is 14.2. The highest BCUT2D eigenvalue weighted by Gasteiger charge is 2.08. The molecule has 0 spiro atoms. The van der Waals surface area contributed by atoms with Gasteiger partial charge >= 0.3 is 0 Å². The average Bonchev–Trinajstić information content (AvgIpc) is 2.59. The standard InChI is InChI=1S/C19H32N2O/c1-22-19-11-9-18(10-12-19)17-20-13-5-2-3-6-14-21-15-7-4-8-16-21/h9-12,20H,2-8,13-17H2,1H3. The average molecular weight is 304 g/mol. The Morgan fingerprint density at radius 3 is 2.41 bits per heavy atom. The first-order chi connectivity index (χ1) is 10.9. The number of likely N-dealkylation sites (tertiary alicyclic amines) is 1. The third-order valence-electron chi connectivity index (χ3n) is 4.51. The molecule has 0 aliphatic carbocycles. The zero-order chi connectivity index (χ0) is 15.5. The number of hydrogen-bond acceptors (Lipinski definition) is 3. The number of unbranched alkanes of at least 4 members (excludes halogenated alkanes) is 3. The molecular formula is C19H32N2O. The van der Waals surface area contributed by atoms with Crippen LogP contribution in [0.25, 0.3) is 0 Å². The van der Waals surface area contributed by atoms with Gasteiger partial charge in [0, 0.05) is 6.54 Å². The summed E-state index contributed by atoms with van der Waals surface area (Å²) in [6.45, 7) is 6.07. The monoisotopic (exact) mass is 304 g/mol. The number of piperidine rings is 1. The minimum absolute atomic E-state index is 0.928. The second-order valence-corrected chi connectivity index (χ2v) is 6.34. The molecule has 2 rings (SSSR count). The van der Waals surface area contributed by atoms with Gasteiger partial charge in [0.05, 0.1) is 7.11 Å². The Morgan fingerprint density at radius 2 is 1.68 bits per heavy atom. The molecule has 124 valence electrons. The molecule has 1 aromatic rings. The molecule has 1 saturated heterocycles. The van der Waals surface area contributed by atoms with Crippen molar-refractivity contribution >= 4 is 0 Å². The highest BCUT2D eigenvalue weighted by atomic mass is 16.5. The fraction of sp³-hybridized carbons (Fsp3) is 0.684. The quantitative estimate of drug-likeness (QED) is 0.665. The summed E-state index contributed by atoms with van der Waals surface area (Å²) in [5.41, 5.74) is 1.32. The van der Waals surface area contributed by atoms with Crippen LogP contribution in [0.5, 0.6) is 5.75 Å². The number of nitrogens with zero attached hydrogens (tertiary/aromatic N) is 1. The molecule has 1 aromatic carbocycles. The van der Waals surface area contributed by atoms with Crippen LogP contribution in [0.1, 0.15) is 50.5 Å². The zero-order valence-corrected chi connectivity index (χ0v) is 14.2. The van der Waals surface area contributed by atoms with E-state index in [1.54, 1.807) is 7.11 Å². The SMILES string of the molecule is COc1ccc(CNCCCCCCN2CCCCC2)cc1. The van der Waals surface area contributed by atoms with Crippen molar-refractivity contribution in [3.63, 3.8) is 0 Å². The summed E-state index contributed by atoms with van der Waals surface area (Å²) in [5, 5.41) is 3.53. The lowest BCUT2D eigenvalue weighted by molar-refractivity contribution is 0.224. The molecule has 1 aliphatic heterocycles. The molecule has 0 unspecified atom stereocenters. The number of methoxy groups -OCH3 is 1. The van der Waals surface area contributed by atoms with Crippen LogP contribution in [0.4, 0.5) is 0 Å². The summed E-state index contributed by atoms with van der Waals surface area (Å²) in [7, 11) is 1.71. The highest BCUT2D eigenvalue weighted by molar-refractivity contribution is 5.26. The number of hydrogen-bond donors (Lipinski definition) is 1. The molecule has 22 heavy (non-hydrogen) atoms. The van der Waals surface area contributed by atoms with Crippen molar-refractivity contribution in [2.45, 2.75) is 51.5 Å². The first-order valence-electron chi connectivity index (χ1n) is 8.94. The van der Waals surface area contributed by atoms with Gasteiger partial charge < -0.3 is 15.0 Å². The maximum absolute atomic E-state index is 5.17. The summed E-state index contributed by atoms with van der Waals surface area (Å²) in [5.74, 6) is 0.928. The largest absolute Gasteiger partial charge is 0.497 e. The topological polar surface area (TPSA) is 24.5 Å². The molecule has 0 atom stereocenters. The van der Waals surface area contributed by atoms with Crippen molar-refractivity contribution in [1.29, 1.82) is 0 Å². The second-order valence-electron chi connectivity index (χ2n) is 6.34. The van der Waals surface area contributed by atoms with Crippen molar-refractivity contribution in [3.05, 3.63) is 29.8 Å². The van der Waals surface area contributed by atoms with Gasteiger partial charge in [0.2, 0.25) is 0 Å². The fourth-order valence-electron chi connectivity index (χ4n) is 3.10. The van der Waals surface area contributed by atoms with Gasteiger partial charge in [-0.2, -0.15) is 0 Å². The smallest absolute Gasteiger partial charge is 0.118 e. The highest BCUT2D eigenvalue weighted by Crippen LogP contribution is 2.11. The second kappa shape index (κ2) is 10.6. The molecule has 0 radical (unpaired) electrons. The van der Waals surface area contributed by atoms with Crippen LogP contribution in [0.3, 0.4) is 0 Å². The van der Waals surface area contributed by atoms with Crippen LogP contribution >= 0.6 is 0 Å². The van der Waals surface area contributed by atoms with Gasteiger partial charge in [-0.1, -0.05) is 31.4 Å². The summed E-state index contributed by atoms with van der Waals surface area (Å²) < 4.78 is 5.17. The molecule has 0 saturated carbocycles. The van der Waals surface area contributed by atoms with Crippen molar-refractivity contribution < 1.29 is 4.74 Å². The molecule has 0 amide bonds. The molecule has 1 N–H and O–H groups in total. The number of ether oxygens (including phenoxy) is 1. The maximum Gasteiger partial charge on any atom is 0.118 e. The molecular weight excluding hydrogens is 272 g/mol. The van der Waals surface area contributed by atoms with Gasteiger partial charge in [-0.3, -0.25) is 0 Å². The third-order valence-corrected chi connectivity index (χ3v) is 4.51. The van der Waals surface area contributed by atoms with Crippen LogP contribution in [0.15, 0.2) is 24.3 Å². The first kappa shape index (κ1) is 17.3. The fourth-order valence-corrected chi connectivity index (χ4v) is 3.10. The van der Waals surface area contributed by atoms with Gasteiger partial charge in [0.1, 0.15) is 5.75 Å². The number of benzene rings is 1. The molecule has 3 heteroatoms. The van der Waals surface area contributed by atoms with Gasteiger partial charge in [-0.05, 0) is 69.6 Å². The van der Waals surface area contributed by atoms with E-state index in [0.717, 1.165) is 18.8 Å². The van der Waals surface area contributed by atoms with E-state index in [0.29, 0.717) is 0 Å². The maximum atomic E-state index is 5.17. The van der Waals surface area contributed by atoms with E-state index in [-0.39, 0.29) is 0 Å².